The number of rotatable bonds is 3. The van der Waals surface area contributed by atoms with Crippen LogP contribution in [-0.4, -0.2) is 12.3 Å². The van der Waals surface area contributed by atoms with Crippen molar-refractivity contribution >= 4 is 11.6 Å². The molecule has 15 heavy (non-hydrogen) atoms. The summed E-state index contributed by atoms with van der Waals surface area (Å²) in [5.74, 6) is 1.77. The second-order valence-corrected chi connectivity index (χ2v) is 3.28. The third-order valence-electron chi connectivity index (χ3n) is 2.07. The lowest BCUT2D eigenvalue weighted by molar-refractivity contribution is 0.404. The van der Waals surface area contributed by atoms with E-state index in [4.69, 9.17) is 20.9 Å². The van der Waals surface area contributed by atoms with Gasteiger partial charge in [-0.25, -0.2) is 0 Å². The van der Waals surface area contributed by atoms with Crippen molar-refractivity contribution in [3.8, 4) is 17.1 Å². The molecule has 1 aromatic carbocycles. The number of hydrogen-bond acceptors (Lipinski definition) is 3. The van der Waals surface area contributed by atoms with E-state index in [1.54, 1.807) is 7.11 Å². The summed E-state index contributed by atoms with van der Waals surface area (Å²) >= 11 is 5.65. The quantitative estimate of drug-likeness (QED) is 0.750. The Bertz CT molecular complexity index is 453. The fourth-order valence-corrected chi connectivity index (χ4v) is 1.48. The summed E-state index contributed by atoms with van der Waals surface area (Å²) in [6.45, 7) is 0. The maximum absolute atomic E-state index is 5.65. The standard InChI is InChI=1S/C11H10ClNO2/c1-14-10-5-3-2-4-9(10)11-6-8(7-12)13-15-11/h2-6H,7H2,1H3. The molecule has 1 aromatic heterocycles. The summed E-state index contributed by atoms with van der Waals surface area (Å²) < 4.78 is 10.4. The van der Waals surface area contributed by atoms with Crippen molar-refractivity contribution in [3.63, 3.8) is 0 Å². The molecule has 2 rings (SSSR count). The Balaban J connectivity index is 2.44. The lowest BCUT2D eigenvalue weighted by atomic mass is 10.1. The van der Waals surface area contributed by atoms with Gasteiger partial charge in [0.15, 0.2) is 5.76 Å². The number of halogens is 1. The van der Waals surface area contributed by atoms with Gasteiger partial charge in [0.25, 0.3) is 0 Å². The maximum Gasteiger partial charge on any atom is 0.170 e. The number of aromatic nitrogens is 1. The molecule has 0 N–H and O–H groups in total. The van der Waals surface area contributed by atoms with Crippen LogP contribution in [0.25, 0.3) is 11.3 Å². The van der Waals surface area contributed by atoms with Crippen LogP contribution in [0.1, 0.15) is 5.69 Å². The van der Waals surface area contributed by atoms with E-state index in [9.17, 15) is 0 Å². The summed E-state index contributed by atoms with van der Waals surface area (Å²) in [7, 11) is 1.62. The van der Waals surface area contributed by atoms with Crippen molar-refractivity contribution in [3.05, 3.63) is 36.0 Å². The van der Waals surface area contributed by atoms with Gasteiger partial charge < -0.3 is 9.26 Å². The summed E-state index contributed by atoms with van der Waals surface area (Å²) in [4.78, 5) is 0. The van der Waals surface area contributed by atoms with Crippen molar-refractivity contribution < 1.29 is 9.26 Å². The van der Waals surface area contributed by atoms with Gasteiger partial charge >= 0.3 is 0 Å². The first-order chi connectivity index (χ1) is 7.35. The van der Waals surface area contributed by atoms with Crippen LogP contribution < -0.4 is 4.74 Å². The highest BCUT2D eigenvalue weighted by Crippen LogP contribution is 2.29. The number of alkyl halides is 1. The highest BCUT2D eigenvalue weighted by atomic mass is 35.5. The van der Waals surface area contributed by atoms with Crippen LogP contribution in [0.3, 0.4) is 0 Å². The first-order valence-corrected chi connectivity index (χ1v) is 5.03. The van der Waals surface area contributed by atoms with Crippen molar-refractivity contribution in [1.82, 2.24) is 5.16 Å². The number of para-hydroxylation sites is 1. The molecule has 0 saturated carbocycles. The fraction of sp³-hybridized carbons (Fsp3) is 0.182. The Morgan fingerprint density at radius 3 is 2.87 bits per heavy atom. The van der Waals surface area contributed by atoms with Gasteiger partial charge in [0.2, 0.25) is 0 Å². The molecule has 0 atom stereocenters. The van der Waals surface area contributed by atoms with E-state index in [0.717, 1.165) is 17.0 Å². The zero-order valence-corrected chi connectivity index (χ0v) is 8.99. The molecule has 3 nitrogen and oxygen atoms in total. The van der Waals surface area contributed by atoms with Crippen molar-refractivity contribution in [1.29, 1.82) is 0 Å². The highest BCUT2D eigenvalue weighted by Gasteiger charge is 2.10. The second-order valence-electron chi connectivity index (χ2n) is 3.02. The van der Waals surface area contributed by atoms with Gasteiger partial charge in [-0.2, -0.15) is 0 Å². The Hall–Kier alpha value is -1.48. The predicted molar refractivity (Wildman–Crippen MR) is 58.0 cm³/mol. The van der Waals surface area contributed by atoms with Crippen LogP contribution >= 0.6 is 11.6 Å². The van der Waals surface area contributed by atoms with Crippen molar-refractivity contribution in [2.24, 2.45) is 0 Å². The number of methoxy groups -OCH3 is 1. The van der Waals surface area contributed by atoms with Gasteiger partial charge in [0, 0.05) is 6.07 Å². The minimum atomic E-state index is 0.346. The first-order valence-electron chi connectivity index (χ1n) is 4.50. The molecule has 0 aliphatic rings. The smallest absolute Gasteiger partial charge is 0.170 e. The van der Waals surface area contributed by atoms with Gasteiger partial charge in [-0.3, -0.25) is 0 Å². The van der Waals surface area contributed by atoms with Crippen molar-refractivity contribution in [2.45, 2.75) is 5.88 Å². The van der Waals surface area contributed by atoms with Gasteiger partial charge in [-0.05, 0) is 12.1 Å². The first kappa shape index (κ1) is 10.1. The van der Waals surface area contributed by atoms with Gasteiger partial charge in [-0.1, -0.05) is 17.3 Å². The molecule has 78 valence electrons. The zero-order valence-electron chi connectivity index (χ0n) is 8.24. The number of ether oxygens (including phenoxy) is 1. The Morgan fingerprint density at radius 1 is 1.40 bits per heavy atom. The Kier molecular flexibility index (Phi) is 2.92. The van der Waals surface area contributed by atoms with Gasteiger partial charge in [0.05, 0.1) is 24.2 Å². The summed E-state index contributed by atoms with van der Waals surface area (Å²) in [5, 5.41) is 3.82. The molecule has 1 heterocycles. The largest absolute Gasteiger partial charge is 0.496 e. The van der Waals surface area contributed by atoms with E-state index in [1.807, 2.05) is 30.3 Å². The van der Waals surface area contributed by atoms with Gasteiger partial charge in [0.1, 0.15) is 5.75 Å². The summed E-state index contributed by atoms with van der Waals surface area (Å²) in [6, 6.07) is 9.42. The normalized spacial score (nSPS) is 10.3. The lowest BCUT2D eigenvalue weighted by Gasteiger charge is -2.03. The molecule has 0 radical (unpaired) electrons. The van der Waals surface area contributed by atoms with E-state index >= 15 is 0 Å². The zero-order chi connectivity index (χ0) is 10.7. The molecular weight excluding hydrogens is 214 g/mol. The Morgan fingerprint density at radius 2 is 2.20 bits per heavy atom. The molecular formula is C11H10ClNO2. The Labute approximate surface area is 92.6 Å². The van der Waals surface area contributed by atoms with Crippen LogP contribution in [0.2, 0.25) is 0 Å². The van der Waals surface area contributed by atoms with E-state index in [0.29, 0.717) is 11.6 Å². The molecule has 0 bridgehead atoms. The molecule has 0 aliphatic carbocycles. The minimum absolute atomic E-state index is 0.346. The van der Waals surface area contributed by atoms with E-state index in [1.165, 1.54) is 0 Å². The molecule has 0 fully saturated rings. The fourth-order valence-electron chi connectivity index (χ4n) is 1.35. The lowest BCUT2D eigenvalue weighted by Crippen LogP contribution is -1.85. The number of benzene rings is 1. The number of hydrogen-bond donors (Lipinski definition) is 0. The predicted octanol–water partition coefficient (Wildman–Crippen LogP) is 3.09. The van der Waals surface area contributed by atoms with E-state index < -0.39 is 0 Å². The highest BCUT2D eigenvalue weighted by molar-refractivity contribution is 6.16. The SMILES string of the molecule is COc1ccccc1-c1cc(CCl)no1. The maximum atomic E-state index is 5.65. The molecule has 2 aromatic rings. The summed E-state index contributed by atoms with van der Waals surface area (Å²) in [6.07, 6.45) is 0. The van der Waals surface area contributed by atoms with E-state index in [2.05, 4.69) is 5.16 Å². The molecule has 0 amide bonds. The monoisotopic (exact) mass is 223 g/mol. The summed E-state index contributed by atoms with van der Waals surface area (Å²) in [5.41, 5.74) is 1.60. The minimum Gasteiger partial charge on any atom is -0.496 e. The topological polar surface area (TPSA) is 35.3 Å². The van der Waals surface area contributed by atoms with E-state index in [-0.39, 0.29) is 0 Å². The average molecular weight is 224 g/mol. The third-order valence-corrected chi connectivity index (χ3v) is 2.34. The van der Waals surface area contributed by atoms with Crippen LogP contribution in [0.4, 0.5) is 0 Å². The number of nitrogens with zero attached hydrogens (tertiary/aromatic N) is 1. The third kappa shape index (κ3) is 1.97. The molecule has 0 unspecified atom stereocenters. The molecule has 0 spiro atoms. The average Bonchev–Trinajstić information content (AvgIpc) is 2.77. The van der Waals surface area contributed by atoms with Crippen LogP contribution in [-0.2, 0) is 5.88 Å². The van der Waals surface area contributed by atoms with Crippen molar-refractivity contribution in [2.75, 3.05) is 7.11 Å². The molecule has 0 aliphatic heterocycles. The molecule has 0 saturated heterocycles. The molecule has 4 heteroatoms. The van der Waals surface area contributed by atoms with Crippen LogP contribution in [0.15, 0.2) is 34.9 Å². The van der Waals surface area contributed by atoms with Gasteiger partial charge in [-0.15, -0.1) is 11.6 Å². The van der Waals surface area contributed by atoms with Crippen LogP contribution in [0, 0.1) is 0 Å². The second kappa shape index (κ2) is 4.36. The van der Waals surface area contributed by atoms with Crippen LogP contribution in [0.5, 0.6) is 5.75 Å².